The molecule has 0 spiro atoms. The molecule has 9 rings (SSSR count). The Morgan fingerprint density at radius 1 is 0.266 bits per heavy atom. The first-order valence-electron chi connectivity index (χ1n) is 21.1. The number of hydrogen-bond donors (Lipinski definition) is 4. The number of benzene rings is 8. The predicted octanol–water partition coefficient (Wildman–Crippen LogP) is 12.2. The molecule has 8 aromatic carbocycles. The van der Waals surface area contributed by atoms with E-state index in [-0.39, 0.29) is 48.7 Å². The zero-order chi connectivity index (χ0) is 43.8. The molecule has 8 nitrogen and oxygen atoms in total. The van der Waals surface area contributed by atoms with Gasteiger partial charge in [-0.15, -0.1) is 0 Å². The molecule has 1 aliphatic carbocycles. The lowest BCUT2D eigenvalue weighted by molar-refractivity contribution is 0.450. The smallest absolute Gasteiger partial charge is 0.122 e. The lowest BCUT2D eigenvalue weighted by Gasteiger charge is -2.19. The van der Waals surface area contributed by atoms with Crippen LogP contribution in [0.25, 0.3) is 0 Å². The molecule has 312 valence electrons. The standard InChI is InChI=1S/C56H44N4O4/c61-53-41-21-43-27-50(58-34-38-15-7-2-8-16-38)29-45(54(43)62)23-47-31-52(60-36-40-19-11-4-12-20-40)32-48(56(47)64)24-46-30-51(59-35-39-17-9-3-10-18-39)28-44(55(46)63)22-42(53)26-49(25-41)57-33-37-13-5-1-6-14-37/h1-20,25-36,61-64H,21-24H2. The second-order valence-electron chi connectivity index (χ2n) is 15.8. The Morgan fingerprint density at radius 3 is 0.609 bits per heavy atom. The van der Waals surface area contributed by atoms with E-state index in [4.69, 9.17) is 20.0 Å². The highest BCUT2D eigenvalue weighted by atomic mass is 16.3. The molecule has 0 unspecified atom stereocenters. The summed E-state index contributed by atoms with van der Waals surface area (Å²) in [6.07, 6.45) is 7.58. The van der Waals surface area contributed by atoms with Gasteiger partial charge in [0.15, 0.2) is 0 Å². The normalized spacial score (nSPS) is 12.8. The van der Waals surface area contributed by atoms with Gasteiger partial charge < -0.3 is 20.4 Å². The zero-order valence-electron chi connectivity index (χ0n) is 34.9. The van der Waals surface area contributed by atoms with Crippen molar-refractivity contribution >= 4 is 47.6 Å². The van der Waals surface area contributed by atoms with Crippen molar-refractivity contribution in [3.05, 3.63) is 237 Å². The van der Waals surface area contributed by atoms with E-state index in [1.807, 2.05) is 170 Å². The van der Waals surface area contributed by atoms with E-state index < -0.39 is 0 Å². The summed E-state index contributed by atoms with van der Waals surface area (Å²) in [7, 11) is 0. The fraction of sp³-hybridized carbons (Fsp3) is 0.0714. The predicted molar refractivity (Wildman–Crippen MR) is 258 cm³/mol. The third kappa shape index (κ3) is 9.72. The molecular formula is C56H44N4O4. The summed E-state index contributed by atoms with van der Waals surface area (Å²) in [5, 5.41) is 48.6. The average molecular weight is 837 g/mol. The van der Waals surface area contributed by atoms with Crippen LogP contribution < -0.4 is 0 Å². The van der Waals surface area contributed by atoms with Crippen molar-refractivity contribution in [3.63, 3.8) is 0 Å². The first kappa shape index (κ1) is 41.0. The molecule has 8 aromatic rings. The van der Waals surface area contributed by atoms with Gasteiger partial charge in [0.05, 0.1) is 22.7 Å². The maximum Gasteiger partial charge on any atom is 0.122 e. The third-order valence-corrected chi connectivity index (χ3v) is 11.2. The first-order chi connectivity index (χ1) is 31.3. The lowest BCUT2D eigenvalue weighted by atomic mass is 9.90. The molecule has 8 heteroatoms. The Labute approximate surface area is 372 Å². The van der Waals surface area contributed by atoms with Crippen LogP contribution in [0.5, 0.6) is 23.0 Å². The molecular weight excluding hydrogens is 793 g/mol. The molecule has 0 radical (unpaired) electrons. The fourth-order valence-corrected chi connectivity index (χ4v) is 7.92. The van der Waals surface area contributed by atoms with Crippen molar-refractivity contribution in [1.82, 2.24) is 0 Å². The maximum atomic E-state index is 12.1. The van der Waals surface area contributed by atoms with Gasteiger partial charge in [-0.25, -0.2) is 0 Å². The van der Waals surface area contributed by atoms with Crippen molar-refractivity contribution in [3.8, 4) is 23.0 Å². The van der Waals surface area contributed by atoms with Gasteiger partial charge in [-0.2, -0.15) is 0 Å². The van der Waals surface area contributed by atoms with Gasteiger partial charge in [0.1, 0.15) is 23.0 Å². The van der Waals surface area contributed by atoms with Gasteiger partial charge in [0, 0.05) is 95.0 Å². The number of fused-ring (bicyclic) bond motifs is 8. The zero-order valence-corrected chi connectivity index (χ0v) is 34.9. The van der Waals surface area contributed by atoms with Crippen LogP contribution in [-0.4, -0.2) is 45.3 Å². The van der Waals surface area contributed by atoms with Crippen LogP contribution in [0.2, 0.25) is 0 Å². The van der Waals surface area contributed by atoms with Crippen LogP contribution >= 0.6 is 0 Å². The van der Waals surface area contributed by atoms with Gasteiger partial charge in [-0.05, 0) is 70.8 Å². The quantitative estimate of drug-likeness (QED) is 0.114. The van der Waals surface area contributed by atoms with E-state index in [0.29, 0.717) is 67.3 Å². The number of phenolic OH excluding ortho intramolecular Hbond substituents is 4. The largest absolute Gasteiger partial charge is 0.507 e. The van der Waals surface area contributed by atoms with Crippen molar-refractivity contribution in [2.75, 3.05) is 0 Å². The van der Waals surface area contributed by atoms with Crippen LogP contribution in [0.15, 0.2) is 190 Å². The molecule has 4 N–H and O–H groups in total. The van der Waals surface area contributed by atoms with Crippen LogP contribution in [0.4, 0.5) is 22.7 Å². The highest BCUT2D eigenvalue weighted by Crippen LogP contribution is 2.42. The number of rotatable bonds is 8. The van der Waals surface area contributed by atoms with E-state index in [2.05, 4.69) is 0 Å². The molecule has 1 aliphatic rings. The minimum Gasteiger partial charge on any atom is -0.507 e. The highest BCUT2D eigenvalue weighted by molar-refractivity contribution is 5.84. The molecule has 8 bridgehead atoms. The second-order valence-corrected chi connectivity index (χ2v) is 15.8. The molecule has 64 heavy (non-hydrogen) atoms. The van der Waals surface area contributed by atoms with Crippen molar-refractivity contribution in [1.29, 1.82) is 0 Å². The molecule has 0 saturated carbocycles. The summed E-state index contributed by atoms with van der Waals surface area (Å²) in [6, 6.07) is 53.6. The van der Waals surface area contributed by atoms with E-state index in [0.717, 1.165) is 22.3 Å². The Balaban J connectivity index is 1.24. The van der Waals surface area contributed by atoms with Gasteiger partial charge in [0.25, 0.3) is 0 Å². The summed E-state index contributed by atoms with van der Waals surface area (Å²) in [6.45, 7) is 0. The molecule has 0 heterocycles. The first-order valence-corrected chi connectivity index (χ1v) is 21.1. The number of hydrogen-bond acceptors (Lipinski definition) is 8. The third-order valence-electron chi connectivity index (χ3n) is 11.2. The number of phenols is 4. The van der Waals surface area contributed by atoms with Crippen LogP contribution in [0.3, 0.4) is 0 Å². The Kier molecular flexibility index (Phi) is 12.0. The van der Waals surface area contributed by atoms with E-state index >= 15 is 0 Å². The molecule has 0 fully saturated rings. The number of aromatic hydroxyl groups is 4. The summed E-state index contributed by atoms with van der Waals surface area (Å²) in [5.41, 5.74) is 10.2. The van der Waals surface area contributed by atoms with Gasteiger partial charge in [-0.1, -0.05) is 121 Å². The van der Waals surface area contributed by atoms with Crippen molar-refractivity contribution in [2.24, 2.45) is 20.0 Å². The van der Waals surface area contributed by atoms with E-state index in [1.165, 1.54) is 0 Å². The Morgan fingerprint density at radius 2 is 0.438 bits per heavy atom. The SMILES string of the molecule is Oc1c2cc(N=Cc3ccccc3)cc1Cc1cc(N=Cc3ccccc3)cc(c1O)Cc1cc(N=Cc3ccccc3)cc(c1O)Cc1cc(N=Cc3ccccc3)cc(c1O)C2. The second kappa shape index (κ2) is 18.7. The monoisotopic (exact) mass is 836 g/mol. The average Bonchev–Trinajstić information content (AvgIpc) is 3.32. The summed E-state index contributed by atoms with van der Waals surface area (Å²) >= 11 is 0. The van der Waals surface area contributed by atoms with Crippen LogP contribution in [0, 0.1) is 0 Å². The highest BCUT2D eigenvalue weighted by Gasteiger charge is 2.22. The summed E-state index contributed by atoms with van der Waals surface area (Å²) < 4.78 is 0. The van der Waals surface area contributed by atoms with Crippen LogP contribution in [0.1, 0.15) is 66.8 Å². The van der Waals surface area contributed by atoms with E-state index in [9.17, 15) is 20.4 Å². The number of aliphatic imine (C=N–C) groups is 4. The van der Waals surface area contributed by atoms with Crippen molar-refractivity contribution < 1.29 is 20.4 Å². The molecule has 0 aliphatic heterocycles. The van der Waals surface area contributed by atoms with Gasteiger partial charge in [0.2, 0.25) is 0 Å². The van der Waals surface area contributed by atoms with Gasteiger partial charge in [-0.3, -0.25) is 20.0 Å². The lowest BCUT2D eigenvalue weighted by Crippen LogP contribution is -2.01. The minimum absolute atomic E-state index is 0.0211. The molecule has 0 amide bonds. The Bertz CT molecular complexity index is 2560. The molecule has 0 saturated heterocycles. The van der Waals surface area contributed by atoms with E-state index in [1.54, 1.807) is 24.9 Å². The topological polar surface area (TPSA) is 130 Å². The molecule has 0 atom stereocenters. The van der Waals surface area contributed by atoms with Crippen LogP contribution in [-0.2, 0) is 25.7 Å². The Hall–Kier alpha value is -8.36. The minimum atomic E-state index is 0.0211. The molecule has 0 aromatic heterocycles. The van der Waals surface area contributed by atoms with Crippen molar-refractivity contribution in [2.45, 2.75) is 25.7 Å². The number of nitrogens with zero attached hydrogens (tertiary/aromatic N) is 4. The summed E-state index contributed by atoms with van der Waals surface area (Å²) in [5.74, 6) is 0.0845. The van der Waals surface area contributed by atoms with Gasteiger partial charge >= 0.3 is 0 Å². The summed E-state index contributed by atoms with van der Waals surface area (Å²) in [4.78, 5) is 19.4. The fourth-order valence-electron chi connectivity index (χ4n) is 7.92. The maximum absolute atomic E-state index is 12.1.